The van der Waals surface area contributed by atoms with Crippen molar-refractivity contribution in [3.05, 3.63) is 74.6 Å². The number of nitrogens with one attached hydrogen (secondary N) is 2. The van der Waals surface area contributed by atoms with Gasteiger partial charge in [-0.05, 0) is 100 Å². The molecule has 5 nitrogen and oxygen atoms in total. The van der Waals surface area contributed by atoms with Gasteiger partial charge in [0.2, 0.25) is 0 Å². The van der Waals surface area contributed by atoms with Crippen molar-refractivity contribution in [2.24, 2.45) is 0 Å². The molecular weight excluding hydrogens is 440 g/mol. The van der Waals surface area contributed by atoms with Crippen LogP contribution in [0, 0.1) is 27.7 Å². The summed E-state index contributed by atoms with van der Waals surface area (Å²) in [6.07, 6.45) is 2.36. The van der Waals surface area contributed by atoms with Gasteiger partial charge in [0, 0.05) is 23.8 Å². The van der Waals surface area contributed by atoms with E-state index in [0.717, 1.165) is 59.3 Å². The second kappa shape index (κ2) is 10.3. The van der Waals surface area contributed by atoms with Crippen LogP contribution in [0.4, 0.5) is 5.69 Å². The molecule has 0 saturated carbocycles. The van der Waals surface area contributed by atoms with Crippen LogP contribution in [0.15, 0.2) is 41.2 Å². The molecule has 180 valence electrons. The van der Waals surface area contributed by atoms with Crippen LogP contribution in [0.2, 0.25) is 0 Å². The van der Waals surface area contributed by atoms with E-state index in [0.29, 0.717) is 17.7 Å². The van der Waals surface area contributed by atoms with E-state index in [-0.39, 0.29) is 5.56 Å². The van der Waals surface area contributed by atoms with E-state index >= 15 is 0 Å². The number of hydrogen-bond donors (Lipinski definition) is 2. The van der Waals surface area contributed by atoms with Crippen molar-refractivity contribution in [3.8, 4) is 0 Å². The van der Waals surface area contributed by atoms with Gasteiger partial charge in [-0.3, -0.25) is 9.69 Å². The minimum atomic E-state index is -0.0423. The molecule has 1 saturated heterocycles. The number of rotatable bonds is 6. The Bertz CT molecular complexity index is 1270. The van der Waals surface area contributed by atoms with Crippen LogP contribution in [-0.2, 0) is 6.54 Å². The van der Waals surface area contributed by atoms with Crippen LogP contribution in [-0.4, -0.2) is 45.6 Å². The van der Waals surface area contributed by atoms with E-state index in [1.807, 2.05) is 6.07 Å². The zero-order chi connectivity index (χ0) is 24.4. The molecule has 1 aromatic heterocycles. The molecule has 1 atom stereocenters. The maximum absolute atomic E-state index is 13.1. The smallest absolute Gasteiger partial charge is 0.253 e. The zero-order valence-electron chi connectivity index (χ0n) is 21.0. The third kappa shape index (κ3) is 5.18. The molecule has 2 N–H and O–H groups in total. The van der Waals surface area contributed by atoms with Crippen LogP contribution in [0.3, 0.4) is 0 Å². The molecular formula is C28H36N4OS. The number of fused-ring (bicyclic) bond motifs is 1. The maximum atomic E-state index is 13.1. The predicted molar refractivity (Wildman–Crippen MR) is 147 cm³/mol. The fourth-order valence-corrected chi connectivity index (χ4v) is 5.28. The molecule has 2 heterocycles. The number of thiocarbonyl (C=S) groups is 1. The first-order chi connectivity index (χ1) is 16.3. The first kappa shape index (κ1) is 24.4. The minimum absolute atomic E-state index is 0.0423. The maximum Gasteiger partial charge on any atom is 0.253 e. The number of aryl methyl sites for hydroxylation is 4. The molecule has 0 aliphatic carbocycles. The summed E-state index contributed by atoms with van der Waals surface area (Å²) in [4.78, 5) is 20.9. The first-order valence-corrected chi connectivity index (χ1v) is 12.7. The molecule has 1 fully saturated rings. The quantitative estimate of drug-likeness (QED) is 0.464. The number of aromatic amines is 1. The van der Waals surface area contributed by atoms with Crippen molar-refractivity contribution in [3.63, 3.8) is 0 Å². The van der Waals surface area contributed by atoms with Crippen molar-refractivity contribution in [1.29, 1.82) is 0 Å². The van der Waals surface area contributed by atoms with Crippen molar-refractivity contribution >= 4 is 33.9 Å². The second-order valence-electron chi connectivity index (χ2n) is 9.65. The fraction of sp³-hybridized carbons (Fsp3) is 0.429. The van der Waals surface area contributed by atoms with E-state index in [1.54, 1.807) is 0 Å². The molecule has 34 heavy (non-hydrogen) atoms. The average Bonchev–Trinajstić information content (AvgIpc) is 3.26. The predicted octanol–water partition coefficient (Wildman–Crippen LogP) is 5.45. The van der Waals surface area contributed by atoms with Crippen LogP contribution in [0.1, 0.15) is 47.6 Å². The lowest BCUT2D eigenvalue weighted by Crippen LogP contribution is -2.45. The Kier molecular flexibility index (Phi) is 7.39. The summed E-state index contributed by atoms with van der Waals surface area (Å²) in [6.45, 7) is 14.0. The SMILES string of the molecule is CCN1CCCC1CN(Cc1cc2ccc(C)c(C)c2[nH]c1=O)C(=S)Nc1ccc(C)cc1C. The van der Waals surface area contributed by atoms with Crippen molar-refractivity contribution < 1.29 is 0 Å². The largest absolute Gasteiger partial charge is 0.343 e. The number of likely N-dealkylation sites (tertiary alicyclic amines) is 1. The van der Waals surface area contributed by atoms with Crippen molar-refractivity contribution in [1.82, 2.24) is 14.8 Å². The van der Waals surface area contributed by atoms with Crippen LogP contribution < -0.4 is 10.9 Å². The molecule has 3 aromatic rings. The molecule has 1 unspecified atom stereocenters. The Labute approximate surface area is 208 Å². The number of aromatic nitrogens is 1. The Balaban J connectivity index is 1.65. The average molecular weight is 477 g/mol. The van der Waals surface area contributed by atoms with Gasteiger partial charge in [-0.15, -0.1) is 0 Å². The van der Waals surface area contributed by atoms with E-state index in [2.05, 4.69) is 85.1 Å². The molecule has 0 bridgehead atoms. The lowest BCUT2D eigenvalue weighted by Gasteiger charge is -2.32. The molecule has 2 aromatic carbocycles. The van der Waals surface area contributed by atoms with Gasteiger partial charge in [0.25, 0.3) is 5.56 Å². The fourth-order valence-electron chi connectivity index (χ4n) is 5.03. The number of nitrogens with zero attached hydrogens (tertiary/aromatic N) is 2. The number of anilines is 1. The summed E-state index contributed by atoms with van der Waals surface area (Å²) < 4.78 is 0. The highest BCUT2D eigenvalue weighted by molar-refractivity contribution is 7.80. The Morgan fingerprint density at radius 2 is 1.94 bits per heavy atom. The van der Waals surface area contributed by atoms with Gasteiger partial charge in [-0.2, -0.15) is 0 Å². The van der Waals surface area contributed by atoms with Crippen LogP contribution >= 0.6 is 12.2 Å². The van der Waals surface area contributed by atoms with Crippen LogP contribution in [0.5, 0.6) is 0 Å². The Hall–Kier alpha value is -2.70. The summed E-state index contributed by atoms with van der Waals surface area (Å²) >= 11 is 5.92. The highest BCUT2D eigenvalue weighted by atomic mass is 32.1. The molecule has 6 heteroatoms. The number of hydrogen-bond acceptors (Lipinski definition) is 3. The van der Waals surface area contributed by atoms with E-state index < -0.39 is 0 Å². The lowest BCUT2D eigenvalue weighted by atomic mass is 10.0. The zero-order valence-corrected chi connectivity index (χ0v) is 21.8. The highest BCUT2D eigenvalue weighted by Crippen LogP contribution is 2.23. The summed E-state index contributed by atoms with van der Waals surface area (Å²) in [5, 5.41) is 5.18. The number of pyridine rings is 1. The molecule has 0 amide bonds. The monoisotopic (exact) mass is 476 g/mol. The van der Waals surface area contributed by atoms with E-state index in [4.69, 9.17) is 12.2 Å². The first-order valence-electron chi connectivity index (χ1n) is 12.3. The van der Waals surface area contributed by atoms with Gasteiger partial charge in [-0.1, -0.05) is 36.8 Å². The summed E-state index contributed by atoms with van der Waals surface area (Å²) in [5.41, 5.74) is 7.31. The van der Waals surface area contributed by atoms with Gasteiger partial charge in [0.05, 0.1) is 12.1 Å². The Morgan fingerprint density at radius 1 is 1.15 bits per heavy atom. The third-order valence-corrected chi connectivity index (χ3v) is 7.60. The van der Waals surface area contributed by atoms with E-state index in [9.17, 15) is 4.79 Å². The molecule has 1 aliphatic rings. The lowest BCUT2D eigenvalue weighted by molar-refractivity contribution is 0.221. The summed E-state index contributed by atoms with van der Waals surface area (Å²) in [5.74, 6) is 0. The summed E-state index contributed by atoms with van der Waals surface area (Å²) in [7, 11) is 0. The minimum Gasteiger partial charge on any atom is -0.343 e. The number of likely N-dealkylation sites (N-methyl/N-ethyl adjacent to an activating group) is 1. The van der Waals surface area contributed by atoms with Gasteiger partial charge < -0.3 is 15.2 Å². The van der Waals surface area contributed by atoms with Crippen LogP contribution in [0.25, 0.3) is 10.9 Å². The Morgan fingerprint density at radius 3 is 2.68 bits per heavy atom. The number of benzene rings is 2. The van der Waals surface area contributed by atoms with Gasteiger partial charge >= 0.3 is 0 Å². The van der Waals surface area contributed by atoms with Crippen molar-refractivity contribution in [2.75, 3.05) is 25.0 Å². The topological polar surface area (TPSA) is 51.4 Å². The van der Waals surface area contributed by atoms with Crippen molar-refractivity contribution in [2.45, 2.75) is 60.0 Å². The molecule has 1 aliphatic heterocycles. The molecule has 0 radical (unpaired) electrons. The standard InChI is InChI=1S/C28H36N4OS/c1-6-31-13-7-8-24(31)17-32(28(34)29-25-12-9-18(2)14-20(25)4)16-23-15-22-11-10-19(3)21(5)26(22)30-27(23)33/h9-12,14-15,24H,6-8,13,16-17H2,1-5H3,(H,29,34)(H,30,33). The number of H-pyrrole nitrogens is 1. The second-order valence-corrected chi connectivity index (χ2v) is 10.0. The van der Waals surface area contributed by atoms with E-state index in [1.165, 1.54) is 17.5 Å². The third-order valence-electron chi connectivity index (χ3n) is 7.24. The molecule has 0 spiro atoms. The summed E-state index contributed by atoms with van der Waals surface area (Å²) in [6, 6.07) is 13.0. The highest BCUT2D eigenvalue weighted by Gasteiger charge is 2.27. The van der Waals surface area contributed by atoms with Gasteiger partial charge in [-0.25, -0.2) is 0 Å². The normalized spacial score (nSPS) is 16.2. The van der Waals surface area contributed by atoms with Gasteiger partial charge in [0.15, 0.2) is 5.11 Å². The molecule has 4 rings (SSSR count). The van der Waals surface area contributed by atoms with Gasteiger partial charge in [0.1, 0.15) is 0 Å².